The Morgan fingerprint density at radius 2 is 2.07 bits per heavy atom. The van der Waals surface area contributed by atoms with Crippen LogP contribution in [-0.4, -0.2) is 29.2 Å². The van der Waals surface area contributed by atoms with Crippen LogP contribution in [0.15, 0.2) is 29.3 Å². The summed E-state index contributed by atoms with van der Waals surface area (Å²) in [6, 6.07) is 2.14. The number of hydrogen-bond donors (Lipinski definition) is 1. The number of rotatable bonds is 4. The van der Waals surface area contributed by atoms with Crippen LogP contribution < -0.4 is 10.5 Å². The first-order valence-corrected chi connectivity index (χ1v) is 8.91. The first-order valence-electron chi connectivity index (χ1n) is 8.91. The fourth-order valence-electron chi connectivity index (χ4n) is 3.85. The second-order valence-corrected chi connectivity index (χ2v) is 6.91. The SMILES string of the molecule is COC(=O)CCCN1Cc2c[nH]c3c(=O)n(C)cc(c23)-c2cc(F)cc(F)c21. The van der Waals surface area contributed by atoms with Crippen LogP contribution in [0.3, 0.4) is 0 Å². The topological polar surface area (TPSA) is 67.3 Å². The maximum atomic E-state index is 14.9. The van der Waals surface area contributed by atoms with Gasteiger partial charge in [-0.05, 0) is 18.1 Å². The lowest BCUT2D eigenvalue weighted by Crippen LogP contribution is -2.25. The summed E-state index contributed by atoms with van der Waals surface area (Å²) in [5, 5.41) is 0.671. The molecule has 0 unspecified atom stereocenters. The molecule has 1 N–H and O–H groups in total. The van der Waals surface area contributed by atoms with Gasteiger partial charge >= 0.3 is 5.97 Å². The number of esters is 1. The minimum absolute atomic E-state index is 0.195. The van der Waals surface area contributed by atoms with Crippen LogP contribution in [0.4, 0.5) is 14.5 Å². The molecule has 0 amide bonds. The smallest absolute Gasteiger partial charge is 0.305 e. The zero-order valence-corrected chi connectivity index (χ0v) is 15.5. The first-order chi connectivity index (χ1) is 13.4. The molecule has 0 aliphatic carbocycles. The van der Waals surface area contributed by atoms with Crippen molar-refractivity contribution in [2.24, 2.45) is 7.05 Å². The number of benzene rings is 1. The van der Waals surface area contributed by atoms with Crippen LogP contribution in [0.5, 0.6) is 0 Å². The summed E-state index contributed by atoms with van der Waals surface area (Å²) in [4.78, 5) is 28.7. The number of aryl methyl sites for hydroxylation is 1. The van der Waals surface area contributed by atoms with Crippen LogP contribution in [0.1, 0.15) is 18.4 Å². The van der Waals surface area contributed by atoms with E-state index < -0.39 is 11.6 Å². The lowest BCUT2D eigenvalue weighted by molar-refractivity contribution is -0.140. The molecule has 0 saturated heterocycles. The van der Waals surface area contributed by atoms with E-state index in [1.807, 2.05) is 0 Å². The average Bonchev–Trinajstić information content (AvgIpc) is 3.02. The number of methoxy groups -OCH3 is 1. The third kappa shape index (κ3) is 2.85. The van der Waals surface area contributed by atoms with Gasteiger partial charge in [-0.1, -0.05) is 0 Å². The molecule has 4 rings (SSSR count). The van der Waals surface area contributed by atoms with E-state index in [9.17, 15) is 18.4 Å². The Bertz CT molecular complexity index is 1150. The van der Waals surface area contributed by atoms with Gasteiger partial charge in [0.05, 0.1) is 12.8 Å². The van der Waals surface area contributed by atoms with Gasteiger partial charge in [0.15, 0.2) is 0 Å². The maximum absolute atomic E-state index is 14.9. The number of nitrogens with one attached hydrogen (secondary N) is 1. The van der Waals surface area contributed by atoms with Gasteiger partial charge in [-0.15, -0.1) is 0 Å². The molecule has 0 fully saturated rings. The molecule has 1 aliphatic rings. The van der Waals surface area contributed by atoms with Crippen molar-refractivity contribution in [3.63, 3.8) is 0 Å². The molecule has 2 aromatic heterocycles. The fourth-order valence-corrected chi connectivity index (χ4v) is 3.85. The second-order valence-electron chi connectivity index (χ2n) is 6.91. The van der Waals surface area contributed by atoms with E-state index in [1.54, 1.807) is 24.3 Å². The zero-order chi connectivity index (χ0) is 20.0. The Balaban J connectivity index is 1.90. The Morgan fingerprint density at radius 1 is 1.29 bits per heavy atom. The number of H-pyrrole nitrogens is 1. The number of halogens is 2. The van der Waals surface area contributed by atoms with Crippen LogP contribution in [-0.2, 0) is 23.1 Å². The van der Waals surface area contributed by atoms with E-state index in [2.05, 4.69) is 9.72 Å². The Kier molecular flexibility index (Phi) is 4.41. The summed E-state index contributed by atoms with van der Waals surface area (Å²) in [5.74, 6) is -1.71. The highest BCUT2D eigenvalue weighted by molar-refractivity contribution is 6.01. The Labute approximate surface area is 159 Å². The highest BCUT2D eigenvalue weighted by Gasteiger charge is 2.27. The molecule has 0 atom stereocenters. The summed E-state index contributed by atoms with van der Waals surface area (Å²) < 4.78 is 35.0. The van der Waals surface area contributed by atoms with Crippen molar-refractivity contribution in [2.45, 2.75) is 19.4 Å². The molecule has 8 heteroatoms. The number of anilines is 1. The quantitative estimate of drug-likeness (QED) is 0.699. The normalized spacial score (nSPS) is 12.8. The van der Waals surface area contributed by atoms with E-state index >= 15 is 0 Å². The van der Waals surface area contributed by atoms with Crippen molar-refractivity contribution in [2.75, 3.05) is 18.6 Å². The van der Waals surface area contributed by atoms with Crippen molar-refractivity contribution < 1.29 is 18.3 Å². The minimum atomic E-state index is -0.688. The predicted octanol–water partition coefficient (Wildman–Crippen LogP) is 3.09. The number of carbonyl (C=O) groups excluding carboxylic acids is 1. The largest absolute Gasteiger partial charge is 0.469 e. The standard InChI is InChI=1S/C20H19F2N3O3/c1-24-10-14-13-6-12(21)7-15(22)19(13)25(5-3-4-16(26)28-2)9-11-8-23-18(17(11)14)20(24)27/h6-8,10,23H,3-5,9H2,1-2H3. The van der Waals surface area contributed by atoms with Gasteiger partial charge in [-0.2, -0.15) is 0 Å². The molecule has 0 spiro atoms. The van der Waals surface area contributed by atoms with Crippen LogP contribution in [0.25, 0.3) is 22.0 Å². The Hall–Kier alpha value is -3.16. The molecule has 0 radical (unpaired) electrons. The van der Waals surface area contributed by atoms with Crippen molar-refractivity contribution in [1.82, 2.24) is 9.55 Å². The lowest BCUT2D eigenvalue weighted by atomic mass is 10.0. The molecule has 3 heterocycles. The molecule has 1 aliphatic heterocycles. The predicted molar refractivity (Wildman–Crippen MR) is 101 cm³/mol. The lowest BCUT2D eigenvalue weighted by Gasteiger charge is -2.25. The highest BCUT2D eigenvalue weighted by atomic mass is 19.1. The van der Waals surface area contributed by atoms with Gasteiger partial charge in [0.2, 0.25) is 0 Å². The number of nitrogens with zero attached hydrogens (tertiary/aromatic N) is 2. The van der Waals surface area contributed by atoms with Crippen LogP contribution >= 0.6 is 0 Å². The minimum Gasteiger partial charge on any atom is -0.469 e. The molecule has 6 nitrogen and oxygen atoms in total. The number of hydrogen-bond acceptors (Lipinski definition) is 4. The van der Waals surface area contributed by atoms with Gasteiger partial charge in [0, 0.05) is 61.5 Å². The molecular formula is C20H19F2N3O3. The second kappa shape index (κ2) is 6.78. The molecular weight excluding hydrogens is 368 g/mol. The van der Waals surface area contributed by atoms with Gasteiger partial charge in [-0.25, -0.2) is 8.78 Å². The number of aromatic nitrogens is 2. The monoisotopic (exact) mass is 387 g/mol. The van der Waals surface area contributed by atoms with Gasteiger partial charge in [0.25, 0.3) is 5.56 Å². The summed E-state index contributed by atoms with van der Waals surface area (Å²) in [7, 11) is 2.92. The molecule has 3 aromatic rings. The fraction of sp³-hybridized carbons (Fsp3) is 0.300. The van der Waals surface area contributed by atoms with Crippen molar-refractivity contribution >= 4 is 22.6 Å². The highest BCUT2D eigenvalue weighted by Crippen LogP contribution is 2.42. The number of aromatic amines is 1. The van der Waals surface area contributed by atoms with E-state index in [-0.39, 0.29) is 23.6 Å². The van der Waals surface area contributed by atoms with E-state index in [0.29, 0.717) is 41.5 Å². The molecule has 146 valence electrons. The van der Waals surface area contributed by atoms with E-state index in [0.717, 1.165) is 11.6 Å². The van der Waals surface area contributed by atoms with Crippen LogP contribution in [0, 0.1) is 11.6 Å². The maximum Gasteiger partial charge on any atom is 0.305 e. The van der Waals surface area contributed by atoms with Crippen molar-refractivity contribution in [1.29, 1.82) is 0 Å². The Morgan fingerprint density at radius 3 is 2.82 bits per heavy atom. The number of fused-ring (bicyclic) bond motifs is 2. The number of ether oxygens (including phenoxy) is 1. The van der Waals surface area contributed by atoms with E-state index in [4.69, 9.17) is 0 Å². The van der Waals surface area contributed by atoms with Gasteiger partial charge in [0.1, 0.15) is 17.2 Å². The zero-order valence-electron chi connectivity index (χ0n) is 15.5. The molecule has 1 aromatic carbocycles. The summed E-state index contributed by atoms with van der Waals surface area (Å²) in [6.45, 7) is 0.707. The van der Waals surface area contributed by atoms with Crippen LogP contribution in [0.2, 0.25) is 0 Å². The molecule has 0 saturated carbocycles. The molecule has 0 bridgehead atoms. The van der Waals surface area contributed by atoms with Crippen molar-refractivity contribution in [3.05, 3.63) is 52.1 Å². The third-order valence-electron chi connectivity index (χ3n) is 5.12. The first kappa shape index (κ1) is 18.2. The summed E-state index contributed by atoms with van der Waals surface area (Å²) in [5.41, 5.74) is 2.26. The van der Waals surface area contributed by atoms with Crippen molar-refractivity contribution in [3.8, 4) is 11.1 Å². The summed E-state index contributed by atoms with van der Waals surface area (Å²) in [6.07, 6.45) is 3.98. The molecule has 28 heavy (non-hydrogen) atoms. The number of carbonyl (C=O) groups is 1. The van der Waals surface area contributed by atoms with Gasteiger partial charge in [-0.3, -0.25) is 9.59 Å². The average molecular weight is 387 g/mol. The summed E-state index contributed by atoms with van der Waals surface area (Å²) >= 11 is 0. The number of pyridine rings is 1. The third-order valence-corrected chi connectivity index (χ3v) is 5.12. The van der Waals surface area contributed by atoms with Gasteiger partial charge < -0.3 is 19.2 Å². The van der Waals surface area contributed by atoms with E-state index in [1.165, 1.54) is 17.7 Å².